The van der Waals surface area contributed by atoms with Crippen LogP contribution in [-0.2, 0) is 11.4 Å². The number of anilines is 1. The Morgan fingerprint density at radius 2 is 1.71 bits per heavy atom. The molecule has 1 amide bonds. The lowest BCUT2D eigenvalue weighted by Crippen LogP contribution is -2.15. The van der Waals surface area contributed by atoms with Gasteiger partial charge in [0, 0.05) is 21.3 Å². The Labute approximate surface area is 228 Å². The molecule has 3 aromatic carbocycles. The number of benzene rings is 3. The van der Waals surface area contributed by atoms with Gasteiger partial charge in [0.1, 0.15) is 18.2 Å². The molecule has 0 unspecified atom stereocenters. The third-order valence-corrected chi connectivity index (χ3v) is 6.66. The van der Waals surface area contributed by atoms with Gasteiger partial charge >= 0.3 is 0 Å². The minimum Gasteiger partial charge on any atom is -0.490 e. The number of nitriles is 1. The molecule has 1 N–H and O–H groups in total. The summed E-state index contributed by atoms with van der Waals surface area (Å²) in [6.45, 7) is 6.24. The zero-order valence-electron chi connectivity index (χ0n) is 19.4. The van der Waals surface area contributed by atoms with Gasteiger partial charge in [0.2, 0.25) is 0 Å². The minimum atomic E-state index is -0.480. The summed E-state index contributed by atoms with van der Waals surface area (Å²) in [7, 11) is 0. The van der Waals surface area contributed by atoms with E-state index in [0.29, 0.717) is 45.0 Å². The summed E-state index contributed by atoms with van der Waals surface area (Å²) in [6.07, 6.45) is 1.53. The highest BCUT2D eigenvalue weighted by Gasteiger charge is 2.17. The maximum Gasteiger partial charge on any atom is 0.266 e. The molecule has 0 aliphatic rings. The third-order valence-electron chi connectivity index (χ3n) is 5.15. The number of ether oxygens (including phenoxy) is 2. The Morgan fingerprint density at radius 1 is 1.09 bits per heavy atom. The summed E-state index contributed by atoms with van der Waals surface area (Å²) in [5.41, 5.74) is 3.82. The third kappa shape index (κ3) is 6.69. The van der Waals surface area contributed by atoms with Crippen molar-refractivity contribution in [2.45, 2.75) is 27.4 Å². The number of para-hydroxylation sites is 1. The lowest BCUT2D eigenvalue weighted by molar-refractivity contribution is -0.112. The molecule has 35 heavy (non-hydrogen) atoms. The highest BCUT2D eigenvalue weighted by atomic mass is 127. The average molecular weight is 621 g/mol. The Bertz CT molecular complexity index is 1290. The molecular formula is C27H23Cl2IN2O3. The van der Waals surface area contributed by atoms with E-state index < -0.39 is 5.91 Å². The van der Waals surface area contributed by atoms with Crippen LogP contribution in [0, 0.1) is 28.7 Å². The largest absolute Gasteiger partial charge is 0.490 e. The highest BCUT2D eigenvalue weighted by molar-refractivity contribution is 14.1. The number of carbonyl (C=O) groups excluding carboxylic acids is 1. The monoisotopic (exact) mass is 620 g/mol. The molecule has 0 atom stereocenters. The summed E-state index contributed by atoms with van der Waals surface area (Å²) in [6, 6.07) is 16.6. The first-order valence-corrected chi connectivity index (χ1v) is 12.6. The molecule has 0 bridgehead atoms. The fourth-order valence-electron chi connectivity index (χ4n) is 3.40. The van der Waals surface area contributed by atoms with E-state index >= 15 is 0 Å². The topological polar surface area (TPSA) is 71.3 Å². The fraction of sp³-hybridized carbons (Fsp3) is 0.185. The summed E-state index contributed by atoms with van der Waals surface area (Å²) in [5, 5.41) is 13.5. The van der Waals surface area contributed by atoms with E-state index in [-0.39, 0.29) is 12.2 Å². The van der Waals surface area contributed by atoms with Crippen molar-refractivity contribution in [2.24, 2.45) is 0 Å². The van der Waals surface area contributed by atoms with E-state index in [1.54, 1.807) is 24.3 Å². The molecule has 180 valence electrons. The van der Waals surface area contributed by atoms with Gasteiger partial charge in [-0.1, -0.05) is 47.5 Å². The van der Waals surface area contributed by atoms with E-state index in [2.05, 4.69) is 27.9 Å². The Balaban J connectivity index is 1.90. The quantitative estimate of drug-likeness (QED) is 0.159. The number of rotatable bonds is 8. The molecule has 0 aliphatic carbocycles. The second-order valence-electron chi connectivity index (χ2n) is 7.64. The van der Waals surface area contributed by atoms with Crippen molar-refractivity contribution in [1.29, 1.82) is 5.26 Å². The number of hydrogen-bond acceptors (Lipinski definition) is 4. The van der Waals surface area contributed by atoms with Gasteiger partial charge in [0.05, 0.1) is 10.2 Å². The van der Waals surface area contributed by atoms with Gasteiger partial charge in [-0.3, -0.25) is 4.79 Å². The van der Waals surface area contributed by atoms with E-state index in [0.717, 1.165) is 14.7 Å². The molecule has 0 aromatic heterocycles. The van der Waals surface area contributed by atoms with Gasteiger partial charge < -0.3 is 14.8 Å². The smallest absolute Gasteiger partial charge is 0.266 e. The van der Waals surface area contributed by atoms with Crippen LogP contribution in [0.5, 0.6) is 11.5 Å². The van der Waals surface area contributed by atoms with Crippen molar-refractivity contribution in [3.8, 4) is 17.6 Å². The predicted molar refractivity (Wildman–Crippen MR) is 149 cm³/mol. The van der Waals surface area contributed by atoms with Crippen molar-refractivity contribution < 1.29 is 14.3 Å². The molecule has 0 spiro atoms. The maximum absolute atomic E-state index is 12.9. The van der Waals surface area contributed by atoms with Crippen LogP contribution in [0.2, 0.25) is 10.0 Å². The van der Waals surface area contributed by atoms with Crippen molar-refractivity contribution in [3.63, 3.8) is 0 Å². The molecular weight excluding hydrogens is 598 g/mol. The van der Waals surface area contributed by atoms with Crippen LogP contribution in [0.1, 0.15) is 29.2 Å². The second-order valence-corrected chi connectivity index (χ2v) is 9.62. The van der Waals surface area contributed by atoms with Crippen LogP contribution < -0.4 is 14.8 Å². The molecule has 5 nitrogen and oxygen atoms in total. The Hall–Kier alpha value is -2.73. The molecule has 0 saturated carbocycles. The van der Waals surface area contributed by atoms with Crippen LogP contribution >= 0.6 is 45.8 Å². The molecule has 0 aliphatic heterocycles. The van der Waals surface area contributed by atoms with Gasteiger partial charge in [-0.15, -0.1) is 0 Å². The zero-order valence-corrected chi connectivity index (χ0v) is 23.1. The van der Waals surface area contributed by atoms with Gasteiger partial charge in [-0.2, -0.15) is 5.26 Å². The van der Waals surface area contributed by atoms with Gasteiger partial charge in [0.25, 0.3) is 5.91 Å². The minimum absolute atomic E-state index is 0.0255. The first-order valence-electron chi connectivity index (χ1n) is 10.8. The average Bonchev–Trinajstić information content (AvgIpc) is 2.81. The molecule has 0 radical (unpaired) electrons. The van der Waals surface area contributed by atoms with Crippen LogP contribution in [0.25, 0.3) is 6.08 Å². The highest BCUT2D eigenvalue weighted by Crippen LogP contribution is 2.36. The van der Waals surface area contributed by atoms with Crippen molar-refractivity contribution >= 4 is 63.5 Å². The molecule has 0 saturated heterocycles. The summed E-state index contributed by atoms with van der Waals surface area (Å²) < 4.78 is 12.6. The SMILES string of the molecule is CCOc1cc(/C=C(/C#N)C(=O)Nc2c(C)cccc2C)cc(I)c1OCc1c(Cl)cccc1Cl. The first-order chi connectivity index (χ1) is 16.7. The summed E-state index contributed by atoms with van der Waals surface area (Å²) in [4.78, 5) is 12.9. The Morgan fingerprint density at radius 3 is 2.31 bits per heavy atom. The first kappa shape index (κ1) is 26.9. The standard InChI is InChI=1S/C27H23Cl2IN2O3/c1-4-34-24-13-18(11-19(14-31)27(33)32-25-16(2)7-5-8-17(25)3)12-23(30)26(24)35-15-20-21(28)9-6-10-22(20)29/h5-13H,4,15H2,1-3H3,(H,32,33)/b19-11-. The van der Waals surface area contributed by atoms with Crippen LogP contribution in [0.15, 0.2) is 54.1 Å². The molecule has 0 heterocycles. The number of aryl methyl sites for hydroxylation is 2. The number of halogens is 3. The molecule has 3 rings (SSSR count). The molecule has 0 fully saturated rings. The van der Waals surface area contributed by atoms with Crippen LogP contribution in [0.3, 0.4) is 0 Å². The number of nitrogens with zero attached hydrogens (tertiary/aromatic N) is 1. The molecule has 8 heteroatoms. The van der Waals surface area contributed by atoms with Crippen molar-refractivity contribution in [2.75, 3.05) is 11.9 Å². The number of carbonyl (C=O) groups is 1. The summed E-state index contributed by atoms with van der Waals surface area (Å²) in [5.74, 6) is 0.534. The zero-order chi connectivity index (χ0) is 25.5. The number of hydrogen-bond donors (Lipinski definition) is 1. The lowest BCUT2D eigenvalue weighted by atomic mass is 10.1. The maximum atomic E-state index is 12.9. The normalized spacial score (nSPS) is 11.1. The van der Waals surface area contributed by atoms with Crippen LogP contribution in [-0.4, -0.2) is 12.5 Å². The predicted octanol–water partition coefficient (Wildman–Crippen LogP) is 7.74. The lowest BCUT2D eigenvalue weighted by Gasteiger charge is -2.16. The van der Waals surface area contributed by atoms with Gasteiger partial charge in [-0.25, -0.2) is 0 Å². The second kappa shape index (κ2) is 12.3. The van der Waals surface area contributed by atoms with E-state index in [1.807, 2.05) is 51.1 Å². The van der Waals surface area contributed by atoms with Crippen molar-refractivity contribution in [3.05, 3.63) is 90.0 Å². The fourth-order valence-corrected chi connectivity index (χ4v) is 4.68. The number of nitrogens with one attached hydrogen (secondary N) is 1. The van der Waals surface area contributed by atoms with Crippen LogP contribution in [0.4, 0.5) is 5.69 Å². The number of amides is 1. The Kier molecular flexibility index (Phi) is 9.44. The molecule has 3 aromatic rings. The van der Waals surface area contributed by atoms with Gasteiger partial charge in [0.15, 0.2) is 11.5 Å². The van der Waals surface area contributed by atoms with E-state index in [1.165, 1.54) is 6.08 Å². The summed E-state index contributed by atoms with van der Waals surface area (Å²) >= 11 is 14.7. The van der Waals surface area contributed by atoms with E-state index in [9.17, 15) is 10.1 Å². The van der Waals surface area contributed by atoms with Gasteiger partial charge in [-0.05, 0) is 90.4 Å². The van der Waals surface area contributed by atoms with Crippen molar-refractivity contribution in [1.82, 2.24) is 0 Å². The van der Waals surface area contributed by atoms with E-state index in [4.69, 9.17) is 32.7 Å².